The number of hydrogen-bond donors (Lipinski definition) is 1. The van der Waals surface area contributed by atoms with Crippen LogP contribution in [0.2, 0.25) is 0 Å². The second-order valence-electron chi connectivity index (χ2n) is 5.25. The van der Waals surface area contributed by atoms with Crippen molar-refractivity contribution >= 4 is 29.3 Å². The Balaban J connectivity index is 1.76. The average Bonchev–Trinajstić information content (AvgIpc) is 2.54. The van der Waals surface area contributed by atoms with Crippen molar-refractivity contribution in [3.05, 3.63) is 59.4 Å². The predicted molar refractivity (Wildman–Crippen MR) is 92.6 cm³/mol. The fourth-order valence-corrected chi connectivity index (χ4v) is 2.84. The molecule has 1 N–H and O–H groups in total. The Labute approximate surface area is 144 Å². The number of halogens is 1. The van der Waals surface area contributed by atoms with E-state index in [9.17, 15) is 14.0 Å². The van der Waals surface area contributed by atoms with Gasteiger partial charge in [-0.25, -0.2) is 4.39 Å². The standard InChI is InChI=1S/C18H18FNO3S/c1-12-7-8-16(13(2)9-12)24-11-18(22)23-10-17(21)20-15-6-4-3-5-14(15)19/h3-9H,10-11H2,1-2H3,(H,20,21). The van der Waals surface area contributed by atoms with Gasteiger partial charge in [0.05, 0.1) is 11.4 Å². The lowest BCUT2D eigenvalue weighted by Crippen LogP contribution is -2.22. The minimum atomic E-state index is -0.579. The van der Waals surface area contributed by atoms with Gasteiger partial charge in [-0.3, -0.25) is 9.59 Å². The SMILES string of the molecule is Cc1ccc(SCC(=O)OCC(=O)Nc2ccccc2F)c(C)c1. The molecule has 0 saturated heterocycles. The number of carbonyl (C=O) groups is 2. The third-order valence-electron chi connectivity index (χ3n) is 3.19. The van der Waals surface area contributed by atoms with Gasteiger partial charge in [-0.2, -0.15) is 0 Å². The van der Waals surface area contributed by atoms with Gasteiger partial charge in [0.25, 0.3) is 5.91 Å². The van der Waals surface area contributed by atoms with Crippen LogP contribution in [0.3, 0.4) is 0 Å². The first-order valence-corrected chi connectivity index (χ1v) is 8.34. The Morgan fingerprint density at radius 1 is 1.17 bits per heavy atom. The maximum absolute atomic E-state index is 13.4. The summed E-state index contributed by atoms with van der Waals surface area (Å²) in [6.45, 7) is 3.53. The maximum Gasteiger partial charge on any atom is 0.316 e. The van der Waals surface area contributed by atoms with Gasteiger partial charge < -0.3 is 10.1 Å². The number of anilines is 1. The zero-order valence-electron chi connectivity index (χ0n) is 13.5. The third-order valence-corrected chi connectivity index (χ3v) is 4.34. The first-order chi connectivity index (χ1) is 11.5. The van der Waals surface area contributed by atoms with Crippen LogP contribution in [-0.4, -0.2) is 24.2 Å². The molecule has 0 unspecified atom stereocenters. The van der Waals surface area contributed by atoms with Crippen LogP contribution in [0, 0.1) is 19.7 Å². The number of para-hydroxylation sites is 1. The summed E-state index contributed by atoms with van der Waals surface area (Å²) in [6, 6.07) is 11.8. The van der Waals surface area contributed by atoms with Crippen LogP contribution in [-0.2, 0) is 14.3 Å². The zero-order chi connectivity index (χ0) is 17.5. The second-order valence-corrected chi connectivity index (χ2v) is 6.26. The lowest BCUT2D eigenvalue weighted by molar-refractivity contribution is -0.144. The second kappa shape index (κ2) is 8.49. The molecular formula is C18H18FNO3S. The highest BCUT2D eigenvalue weighted by Crippen LogP contribution is 2.23. The molecule has 0 radical (unpaired) electrons. The van der Waals surface area contributed by atoms with Crippen LogP contribution in [0.15, 0.2) is 47.4 Å². The number of rotatable bonds is 6. The predicted octanol–water partition coefficient (Wildman–Crippen LogP) is 3.72. The molecule has 0 saturated carbocycles. The normalized spacial score (nSPS) is 10.3. The van der Waals surface area contributed by atoms with Crippen molar-refractivity contribution in [3.63, 3.8) is 0 Å². The largest absolute Gasteiger partial charge is 0.455 e. The summed E-state index contributed by atoms with van der Waals surface area (Å²) in [6.07, 6.45) is 0. The fourth-order valence-electron chi connectivity index (χ4n) is 2.03. The van der Waals surface area contributed by atoms with Gasteiger partial charge in [0.15, 0.2) is 6.61 Å². The van der Waals surface area contributed by atoms with Crippen LogP contribution in [0.1, 0.15) is 11.1 Å². The molecule has 2 aromatic rings. The summed E-state index contributed by atoms with van der Waals surface area (Å²) in [5, 5.41) is 2.36. The van der Waals surface area contributed by atoms with Crippen molar-refractivity contribution in [1.82, 2.24) is 0 Å². The first kappa shape index (κ1) is 18.0. The number of ether oxygens (including phenoxy) is 1. The summed E-state index contributed by atoms with van der Waals surface area (Å²) < 4.78 is 18.3. The van der Waals surface area contributed by atoms with E-state index in [4.69, 9.17) is 4.74 Å². The fraction of sp³-hybridized carbons (Fsp3) is 0.222. The summed E-state index contributed by atoms with van der Waals surface area (Å²) >= 11 is 1.36. The van der Waals surface area contributed by atoms with E-state index in [2.05, 4.69) is 5.32 Å². The molecule has 126 valence electrons. The average molecular weight is 347 g/mol. The van der Waals surface area contributed by atoms with Crippen molar-refractivity contribution in [3.8, 4) is 0 Å². The third kappa shape index (κ3) is 5.38. The van der Waals surface area contributed by atoms with E-state index >= 15 is 0 Å². The smallest absolute Gasteiger partial charge is 0.316 e. The first-order valence-electron chi connectivity index (χ1n) is 7.36. The minimum Gasteiger partial charge on any atom is -0.455 e. The summed E-state index contributed by atoms with van der Waals surface area (Å²) in [7, 11) is 0. The van der Waals surface area contributed by atoms with Crippen LogP contribution in [0.4, 0.5) is 10.1 Å². The molecule has 4 nitrogen and oxygen atoms in total. The van der Waals surface area contributed by atoms with E-state index in [-0.39, 0.29) is 11.4 Å². The highest BCUT2D eigenvalue weighted by atomic mass is 32.2. The summed E-state index contributed by atoms with van der Waals surface area (Å²) in [4.78, 5) is 24.4. The highest BCUT2D eigenvalue weighted by Gasteiger charge is 2.11. The molecule has 0 spiro atoms. The Bertz CT molecular complexity index is 749. The highest BCUT2D eigenvalue weighted by molar-refractivity contribution is 8.00. The molecule has 0 bridgehead atoms. The van der Waals surface area contributed by atoms with E-state index < -0.39 is 24.3 Å². The van der Waals surface area contributed by atoms with E-state index in [0.29, 0.717) is 0 Å². The number of benzene rings is 2. The number of nitrogens with one attached hydrogen (secondary N) is 1. The molecule has 0 aliphatic heterocycles. The molecule has 2 rings (SSSR count). The van der Waals surface area contributed by atoms with Gasteiger partial charge in [0.1, 0.15) is 5.82 Å². The molecule has 0 aliphatic rings. The van der Waals surface area contributed by atoms with E-state index in [0.717, 1.165) is 16.0 Å². The van der Waals surface area contributed by atoms with Gasteiger partial charge in [-0.15, -0.1) is 11.8 Å². The Hall–Kier alpha value is -2.34. The lowest BCUT2D eigenvalue weighted by atomic mass is 10.2. The van der Waals surface area contributed by atoms with Crippen LogP contribution < -0.4 is 5.32 Å². The van der Waals surface area contributed by atoms with Gasteiger partial charge >= 0.3 is 5.97 Å². The number of amides is 1. The topological polar surface area (TPSA) is 55.4 Å². The maximum atomic E-state index is 13.4. The van der Waals surface area contributed by atoms with Crippen LogP contribution >= 0.6 is 11.8 Å². The van der Waals surface area contributed by atoms with Gasteiger partial charge in [0, 0.05) is 4.90 Å². The van der Waals surface area contributed by atoms with Crippen molar-refractivity contribution in [1.29, 1.82) is 0 Å². The zero-order valence-corrected chi connectivity index (χ0v) is 14.3. The summed E-state index contributed by atoms with van der Waals surface area (Å²) in [5.74, 6) is -1.51. The van der Waals surface area contributed by atoms with Crippen molar-refractivity contribution in [2.75, 3.05) is 17.7 Å². The number of aryl methyl sites for hydroxylation is 2. The Morgan fingerprint density at radius 2 is 1.92 bits per heavy atom. The molecule has 6 heteroatoms. The monoisotopic (exact) mass is 347 g/mol. The molecule has 0 heterocycles. The molecular weight excluding hydrogens is 329 g/mol. The Kier molecular flexibility index (Phi) is 6.37. The molecule has 24 heavy (non-hydrogen) atoms. The van der Waals surface area contributed by atoms with Gasteiger partial charge in [-0.1, -0.05) is 29.8 Å². The van der Waals surface area contributed by atoms with E-state index in [1.54, 1.807) is 6.07 Å². The molecule has 0 aliphatic carbocycles. The number of esters is 1. The quantitative estimate of drug-likeness (QED) is 0.639. The van der Waals surface area contributed by atoms with Crippen molar-refractivity contribution < 1.29 is 18.7 Å². The van der Waals surface area contributed by atoms with Gasteiger partial charge in [0.2, 0.25) is 0 Å². The van der Waals surface area contributed by atoms with Crippen LogP contribution in [0.25, 0.3) is 0 Å². The van der Waals surface area contributed by atoms with Gasteiger partial charge in [-0.05, 0) is 37.6 Å². The van der Waals surface area contributed by atoms with Crippen molar-refractivity contribution in [2.45, 2.75) is 18.7 Å². The van der Waals surface area contributed by atoms with E-state index in [1.807, 2.05) is 32.0 Å². The lowest BCUT2D eigenvalue weighted by Gasteiger charge is -2.08. The molecule has 0 atom stereocenters. The number of hydrogen-bond acceptors (Lipinski definition) is 4. The number of carbonyl (C=O) groups excluding carboxylic acids is 2. The summed E-state index contributed by atoms with van der Waals surface area (Å²) in [5.41, 5.74) is 2.30. The van der Waals surface area contributed by atoms with Crippen LogP contribution in [0.5, 0.6) is 0 Å². The molecule has 0 fully saturated rings. The van der Waals surface area contributed by atoms with Crippen molar-refractivity contribution in [2.24, 2.45) is 0 Å². The minimum absolute atomic E-state index is 0.0585. The molecule has 1 amide bonds. The van der Waals surface area contributed by atoms with E-state index in [1.165, 1.54) is 30.0 Å². The molecule has 2 aromatic carbocycles. The Morgan fingerprint density at radius 3 is 2.62 bits per heavy atom. The number of thioether (sulfide) groups is 1. The molecule has 0 aromatic heterocycles.